The maximum absolute atomic E-state index is 12.3. The van der Waals surface area contributed by atoms with Crippen LogP contribution in [-0.2, 0) is 14.3 Å². The van der Waals surface area contributed by atoms with Gasteiger partial charge < -0.3 is 9.47 Å². The van der Waals surface area contributed by atoms with Gasteiger partial charge in [-0.25, -0.2) is 0 Å². The van der Waals surface area contributed by atoms with Gasteiger partial charge in [0.05, 0.1) is 0 Å². The summed E-state index contributed by atoms with van der Waals surface area (Å²) in [7, 11) is 0. The van der Waals surface area contributed by atoms with Crippen LogP contribution < -0.4 is 0 Å². The van der Waals surface area contributed by atoms with E-state index >= 15 is 0 Å². The monoisotopic (exact) mass is 352 g/mol. The molecule has 0 saturated heterocycles. The third-order valence-electron chi connectivity index (χ3n) is 4.47. The lowest BCUT2D eigenvalue weighted by Gasteiger charge is -2.29. The van der Waals surface area contributed by atoms with Gasteiger partial charge in [0, 0.05) is 23.6 Å². The molecule has 1 aliphatic carbocycles. The zero-order valence-corrected chi connectivity index (χ0v) is 16.2. The summed E-state index contributed by atoms with van der Waals surface area (Å²) in [6.07, 6.45) is 5.02. The van der Waals surface area contributed by atoms with Gasteiger partial charge >= 0.3 is 5.97 Å². The van der Waals surface area contributed by atoms with Crippen LogP contribution in [-0.4, -0.2) is 11.6 Å². The number of unbranched alkanes of at least 4 members (excludes halogenated alkanes) is 2. The molecular formula is C23H28O3. The zero-order chi connectivity index (χ0) is 18.7. The van der Waals surface area contributed by atoms with E-state index in [0.717, 1.165) is 46.9 Å². The fraction of sp³-hybridized carbons (Fsp3) is 0.435. The van der Waals surface area contributed by atoms with E-state index in [1.807, 2.05) is 45.0 Å². The number of hydrogen-bond donors (Lipinski definition) is 0. The molecule has 1 aliphatic rings. The van der Waals surface area contributed by atoms with Gasteiger partial charge in [0.25, 0.3) is 0 Å². The van der Waals surface area contributed by atoms with Crippen LogP contribution in [0.3, 0.4) is 0 Å². The standard InChI is InChI=1S/C23H28O3/c1-5-6-7-14-21(24)25-19-15-20(26-23(2,3)4)18-13-9-11-16-10-8-12-17(19)22(16)18/h8-13,15,19H,5-7,14H2,1-4H3. The van der Waals surface area contributed by atoms with E-state index in [-0.39, 0.29) is 11.6 Å². The number of carbonyl (C=O) groups is 1. The Kier molecular flexibility index (Phi) is 5.36. The minimum atomic E-state index is -0.403. The van der Waals surface area contributed by atoms with Crippen molar-refractivity contribution in [2.45, 2.75) is 65.1 Å². The minimum Gasteiger partial charge on any atom is -0.488 e. The maximum Gasteiger partial charge on any atom is 0.306 e. The quantitative estimate of drug-likeness (QED) is 0.460. The Morgan fingerprint density at radius 2 is 1.81 bits per heavy atom. The smallest absolute Gasteiger partial charge is 0.306 e. The molecule has 3 heteroatoms. The van der Waals surface area contributed by atoms with Crippen LogP contribution in [0.25, 0.3) is 16.5 Å². The predicted octanol–water partition coefficient (Wildman–Crippen LogP) is 6.17. The number of rotatable bonds is 6. The van der Waals surface area contributed by atoms with Gasteiger partial charge in [0.2, 0.25) is 0 Å². The molecule has 0 fully saturated rings. The lowest BCUT2D eigenvalue weighted by molar-refractivity contribution is -0.147. The summed E-state index contributed by atoms with van der Waals surface area (Å²) >= 11 is 0. The first-order valence-electron chi connectivity index (χ1n) is 9.51. The zero-order valence-electron chi connectivity index (χ0n) is 16.2. The second kappa shape index (κ2) is 7.53. The van der Waals surface area contributed by atoms with Crippen LogP contribution >= 0.6 is 0 Å². The summed E-state index contributed by atoms with van der Waals surface area (Å²) in [5.74, 6) is 0.638. The van der Waals surface area contributed by atoms with E-state index in [4.69, 9.17) is 9.47 Å². The number of ether oxygens (including phenoxy) is 2. The summed E-state index contributed by atoms with van der Waals surface area (Å²) in [6, 6.07) is 12.3. The Morgan fingerprint density at radius 1 is 1.08 bits per heavy atom. The molecule has 3 nitrogen and oxygen atoms in total. The average molecular weight is 352 g/mol. The van der Waals surface area contributed by atoms with E-state index in [2.05, 4.69) is 25.1 Å². The molecule has 0 radical (unpaired) electrons. The highest BCUT2D eigenvalue weighted by Crippen LogP contribution is 2.41. The summed E-state index contributed by atoms with van der Waals surface area (Å²) in [4.78, 5) is 12.3. The molecule has 1 atom stereocenters. The lowest BCUT2D eigenvalue weighted by Crippen LogP contribution is -2.21. The second-order valence-electron chi connectivity index (χ2n) is 7.86. The van der Waals surface area contributed by atoms with Gasteiger partial charge in [-0.3, -0.25) is 4.79 Å². The molecule has 0 saturated carbocycles. The van der Waals surface area contributed by atoms with E-state index < -0.39 is 6.10 Å². The first kappa shape index (κ1) is 18.5. The number of carbonyl (C=O) groups excluding carboxylic acids is 1. The van der Waals surface area contributed by atoms with Crippen molar-refractivity contribution in [3.63, 3.8) is 0 Å². The second-order valence-corrected chi connectivity index (χ2v) is 7.86. The molecule has 3 rings (SSSR count). The predicted molar refractivity (Wildman–Crippen MR) is 106 cm³/mol. The molecule has 0 aliphatic heterocycles. The molecule has 1 unspecified atom stereocenters. The Bertz CT molecular complexity index is 822. The topological polar surface area (TPSA) is 35.5 Å². The highest BCUT2D eigenvalue weighted by molar-refractivity contribution is 5.97. The molecular weight excluding hydrogens is 324 g/mol. The molecule has 0 amide bonds. The van der Waals surface area contributed by atoms with Crippen molar-refractivity contribution in [1.82, 2.24) is 0 Å². The van der Waals surface area contributed by atoms with E-state index in [0.29, 0.717) is 6.42 Å². The van der Waals surface area contributed by atoms with Gasteiger partial charge in [0.15, 0.2) is 0 Å². The fourth-order valence-corrected chi connectivity index (χ4v) is 3.37. The number of benzene rings is 2. The van der Waals surface area contributed by atoms with Gasteiger partial charge in [-0.05, 0) is 38.0 Å². The van der Waals surface area contributed by atoms with Crippen molar-refractivity contribution < 1.29 is 14.3 Å². The Hall–Kier alpha value is -2.29. The van der Waals surface area contributed by atoms with Crippen molar-refractivity contribution >= 4 is 22.5 Å². The summed E-state index contributed by atoms with van der Waals surface area (Å²) in [5, 5.41) is 2.25. The van der Waals surface area contributed by atoms with E-state index in [9.17, 15) is 4.79 Å². The third kappa shape index (κ3) is 4.09. The number of hydrogen-bond acceptors (Lipinski definition) is 3. The molecule has 0 spiro atoms. The largest absolute Gasteiger partial charge is 0.488 e. The van der Waals surface area contributed by atoms with Crippen molar-refractivity contribution in [1.29, 1.82) is 0 Å². The van der Waals surface area contributed by atoms with Crippen LogP contribution in [0.2, 0.25) is 0 Å². The van der Waals surface area contributed by atoms with Crippen molar-refractivity contribution in [3.05, 3.63) is 53.6 Å². The molecule has 0 heterocycles. The normalized spacial score (nSPS) is 16.3. The molecule has 0 N–H and O–H groups in total. The molecule has 0 aromatic heterocycles. The van der Waals surface area contributed by atoms with Crippen molar-refractivity contribution in [2.75, 3.05) is 0 Å². The summed E-state index contributed by atoms with van der Waals surface area (Å²) in [5.41, 5.74) is 1.77. The highest BCUT2D eigenvalue weighted by atomic mass is 16.5. The Morgan fingerprint density at radius 3 is 2.50 bits per heavy atom. The van der Waals surface area contributed by atoms with Gasteiger partial charge in [0.1, 0.15) is 17.5 Å². The SMILES string of the molecule is CCCCCC(=O)OC1C=C(OC(C)(C)C)c2cccc3cccc1c23. The lowest BCUT2D eigenvalue weighted by atomic mass is 9.90. The molecule has 2 aromatic rings. The van der Waals surface area contributed by atoms with E-state index in [1.165, 1.54) is 0 Å². The molecule has 138 valence electrons. The highest BCUT2D eigenvalue weighted by Gasteiger charge is 2.27. The number of esters is 1. The van der Waals surface area contributed by atoms with Crippen LogP contribution in [0, 0.1) is 0 Å². The van der Waals surface area contributed by atoms with Crippen LogP contribution in [0.4, 0.5) is 0 Å². The third-order valence-corrected chi connectivity index (χ3v) is 4.47. The minimum absolute atomic E-state index is 0.147. The van der Waals surface area contributed by atoms with Gasteiger partial charge in [-0.15, -0.1) is 0 Å². The first-order valence-corrected chi connectivity index (χ1v) is 9.51. The Labute approximate surface area is 156 Å². The summed E-state index contributed by atoms with van der Waals surface area (Å²) in [6.45, 7) is 8.21. The van der Waals surface area contributed by atoms with Crippen LogP contribution in [0.5, 0.6) is 0 Å². The fourth-order valence-electron chi connectivity index (χ4n) is 3.37. The van der Waals surface area contributed by atoms with Gasteiger partial charge in [-0.2, -0.15) is 0 Å². The van der Waals surface area contributed by atoms with Crippen molar-refractivity contribution in [2.24, 2.45) is 0 Å². The summed E-state index contributed by atoms with van der Waals surface area (Å²) < 4.78 is 12.0. The van der Waals surface area contributed by atoms with Crippen molar-refractivity contribution in [3.8, 4) is 0 Å². The van der Waals surface area contributed by atoms with Crippen LogP contribution in [0.15, 0.2) is 42.5 Å². The molecule has 26 heavy (non-hydrogen) atoms. The maximum atomic E-state index is 12.3. The Balaban J connectivity index is 1.96. The molecule has 2 aromatic carbocycles. The average Bonchev–Trinajstić information content (AvgIpc) is 2.58. The van der Waals surface area contributed by atoms with E-state index in [1.54, 1.807) is 0 Å². The first-order chi connectivity index (χ1) is 12.4. The molecule has 0 bridgehead atoms. The van der Waals surface area contributed by atoms with Crippen LogP contribution in [0.1, 0.15) is 70.6 Å². The van der Waals surface area contributed by atoms with Gasteiger partial charge in [-0.1, -0.05) is 56.2 Å².